The number of hydrogen-bond acceptors (Lipinski definition) is 4. The highest BCUT2D eigenvalue weighted by molar-refractivity contribution is 14.1. The molecule has 84 valence electrons. The van der Waals surface area contributed by atoms with E-state index in [0.717, 1.165) is 10.8 Å². The van der Waals surface area contributed by atoms with Gasteiger partial charge in [-0.2, -0.15) is 0 Å². The van der Waals surface area contributed by atoms with Crippen LogP contribution in [0.4, 0.5) is 0 Å². The van der Waals surface area contributed by atoms with Crippen molar-refractivity contribution in [2.45, 2.75) is 13.0 Å². The zero-order valence-electron chi connectivity index (χ0n) is 8.46. The van der Waals surface area contributed by atoms with Gasteiger partial charge in [-0.05, 0) is 6.42 Å². The van der Waals surface area contributed by atoms with Gasteiger partial charge in [0.05, 0.1) is 0 Å². The first-order chi connectivity index (χ1) is 7.27. The van der Waals surface area contributed by atoms with E-state index in [0.29, 0.717) is 24.6 Å². The average molecular weight is 324 g/mol. The number of carbonyl (C=O) groups excluding carboxylic acids is 1. The van der Waals surface area contributed by atoms with Crippen molar-refractivity contribution in [1.29, 1.82) is 0 Å². The lowest BCUT2D eigenvalue weighted by atomic mass is 10.3. The van der Waals surface area contributed by atoms with Crippen LogP contribution in [-0.2, 0) is 11.3 Å². The summed E-state index contributed by atoms with van der Waals surface area (Å²) in [7, 11) is 1.56. The molecule has 1 N–H and O–H groups in total. The molecule has 0 bridgehead atoms. The van der Waals surface area contributed by atoms with Crippen molar-refractivity contribution in [2.24, 2.45) is 0 Å². The maximum absolute atomic E-state index is 11.5. The van der Waals surface area contributed by atoms with Crippen molar-refractivity contribution in [3.63, 3.8) is 0 Å². The number of ether oxygens (including phenoxy) is 1. The summed E-state index contributed by atoms with van der Waals surface area (Å²) in [4.78, 5) is 11.5. The van der Waals surface area contributed by atoms with Gasteiger partial charge in [0.25, 0.3) is 5.91 Å². The van der Waals surface area contributed by atoms with Gasteiger partial charge in [-0.25, -0.2) is 0 Å². The number of halogens is 1. The predicted molar refractivity (Wildman–Crippen MR) is 63.1 cm³/mol. The highest BCUT2D eigenvalue weighted by atomic mass is 127. The van der Waals surface area contributed by atoms with Gasteiger partial charge in [-0.1, -0.05) is 27.7 Å². The molecule has 15 heavy (non-hydrogen) atoms. The summed E-state index contributed by atoms with van der Waals surface area (Å²) in [5, 5.41) is 6.39. The van der Waals surface area contributed by atoms with E-state index >= 15 is 0 Å². The lowest BCUT2D eigenvalue weighted by Gasteiger charge is -1.98. The van der Waals surface area contributed by atoms with Gasteiger partial charge in [0.2, 0.25) is 0 Å². The number of carbonyl (C=O) groups is 1. The SMILES string of the molecule is COCc1cc(C(=O)NCCCI)no1. The van der Waals surface area contributed by atoms with E-state index < -0.39 is 0 Å². The van der Waals surface area contributed by atoms with Gasteiger partial charge in [-0.15, -0.1) is 0 Å². The summed E-state index contributed by atoms with van der Waals surface area (Å²) in [5.41, 5.74) is 0.301. The molecule has 0 spiro atoms. The maximum atomic E-state index is 11.5. The fraction of sp³-hybridized carbons (Fsp3) is 0.556. The number of aromatic nitrogens is 1. The van der Waals surface area contributed by atoms with Crippen molar-refractivity contribution < 1.29 is 14.1 Å². The molecule has 0 radical (unpaired) electrons. The van der Waals surface area contributed by atoms with E-state index in [1.54, 1.807) is 13.2 Å². The molecule has 1 aromatic rings. The zero-order valence-corrected chi connectivity index (χ0v) is 10.6. The minimum absolute atomic E-state index is 0.203. The Morgan fingerprint density at radius 1 is 1.73 bits per heavy atom. The normalized spacial score (nSPS) is 10.3. The summed E-state index contributed by atoms with van der Waals surface area (Å²) in [6.45, 7) is 0.988. The van der Waals surface area contributed by atoms with Crippen LogP contribution >= 0.6 is 22.6 Å². The molecule has 1 amide bonds. The van der Waals surface area contributed by atoms with Gasteiger partial charge in [0.1, 0.15) is 6.61 Å². The molecule has 0 saturated carbocycles. The Morgan fingerprint density at radius 3 is 3.20 bits per heavy atom. The molecule has 6 heteroatoms. The highest BCUT2D eigenvalue weighted by Gasteiger charge is 2.11. The van der Waals surface area contributed by atoms with Crippen molar-refractivity contribution in [3.05, 3.63) is 17.5 Å². The molecule has 1 rings (SSSR count). The third-order valence-electron chi connectivity index (χ3n) is 1.67. The Bertz CT molecular complexity index is 314. The van der Waals surface area contributed by atoms with E-state index in [9.17, 15) is 4.79 Å². The number of hydrogen-bond donors (Lipinski definition) is 1. The first kappa shape index (κ1) is 12.4. The molecule has 0 aliphatic carbocycles. The van der Waals surface area contributed by atoms with Gasteiger partial charge in [-0.3, -0.25) is 4.79 Å². The van der Waals surface area contributed by atoms with Crippen LogP contribution in [0.3, 0.4) is 0 Å². The number of nitrogens with one attached hydrogen (secondary N) is 1. The van der Waals surface area contributed by atoms with Crippen LogP contribution in [0.25, 0.3) is 0 Å². The molecule has 0 aliphatic rings. The van der Waals surface area contributed by atoms with Crippen molar-refractivity contribution in [3.8, 4) is 0 Å². The van der Waals surface area contributed by atoms with E-state index in [1.807, 2.05) is 0 Å². The van der Waals surface area contributed by atoms with Gasteiger partial charge in [0, 0.05) is 24.1 Å². The fourth-order valence-electron chi connectivity index (χ4n) is 0.990. The van der Waals surface area contributed by atoms with Crippen LogP contribution in [0.5, 0.6) is 0 Å². The van der Waals surface area contributed by atoms with E-state index in [4.69, 9.17) is 9.26 Å². The lowest BCUT2D eigenvalue weighted by molar-refractivity contribution is 0.0944. The fourth-order valence-corrected chi connectivity index (χ4v) is 1.37. The van der Waals surface area contributed by atoms with E-state index in [2.05, 4.69) is 33.1 Å². The monoisotopic (exact) mass is 324 g/mol. The predicted octanol–water partition coefficient (Wildman–Crippen LogP) is 1.38. The van der Waals surface area contributed by atoms with Crippen LogP contribution < -0.4 is 5.32 Å². The number of nitrogens with zero attached hydrogens (tertiary/aromatic N) is 1. The maximum Gasteiger partial charge on any atom is 0.273 e. The summed E-state index contributed by atoms with van der Waals surface area (Å²) >= 11 is 2.26. The Kier molecular flexibility index (Phi) is 5.62. The Morgan fingerprint density at radius 2 is 2.53 bits per heavy atom. The van der Waals surface area contributed by atoms with Crippen molar-refractivity contribution >= 4 is 28.5 Å². The third-order valence-corrected chi connectivity index (χ3v) is 2.44. The average Bonchev–Trinajstić information content (AvgIpc) is 2.67. The third kappa shape index (κ3) is 4.17. The second-order valence-corrected chi connectivity index (χ2v) is 3.99. The largest absolute Gasteiger partial charge is 0.377 e. The number of methoxy groups -OCH3 is 1. The molecule has 0 aromatic carbocycles. The molecule has 0 aliphatic heterocycles. The summed E-state index contributed by atoms with van der Waals surface area (Å²) in [6, 6.07) is 1.59. The first-order valence-corrected chi connectivity index (χ1v) is 6.09. The van der Waals surface area contributed by atoms with Gasteiger partial charge < -0.3 is 14.6 Å². The number of amides is 1. The van der Waals surface area contributed by atoms with Crippen LogP contribution in [0, 0.1) is 0 Å². The molecule has 0 atom stereocenters. The van der Waals surface area contributed by atoms with Crippen LogP contribution in [0.15, 0.2) is 10.6 Å². The molecule has 5 nitrogen and oxygen atoms in total. The quantitative estimate of drug-likeness (QED) is 0.488. The summed E-state index contributed by atoms with van der Waals surface area (Å²) in [5.74, 6) is 0.350. The molecule has 0 fully saturated rings. The van der Waals surface area contributed by atoms with Crippen LogP contribution in [0.2, 0.25) is 0 Å². The zero-order chi connectivity index (χ0) is 11.1. The Labute approximate surface area is 102 Å². The van der Waals surface area contributed by atoms with Gasteiger partial charge >= 0.3 is 0 Å². The molecule has 1 heterocycles. The second kappa shape index (κ2) is 6.78. The summed E-state index contributed by atoms with van der Waals surface area (Å²) < 4.78 is 10.8. The van der Waals surface area contributed by atoms with E-state index in [-0.39, 0.29) is 5.91 Å². The Balaban J connectivity index is 2.43. The van der Waals surface area contributed by atoms with Crippen LogP contribution in [-0.4, -0.2) is 29.1 Å². The van der Waals surface area contributed by atoms with E-state index in [1.165, 1.54) is 0 Å². The highest BCUT2D eigenvalue weighted by Crippen LogP contribution is 2.04. The summed E-state index contributed by atoms with van der Waals surface area (Å²) in [6.07, 6.45) is 0.953. The minimum atomic E-state index is -0.203. The standard InChI is InChI=1S/C9H13IN2O3/c1-14-6-7-5-8(12-15-7)9(13)11-4-2-3-10/h5H,2-4,6H2,1H3,(H,11,13). The number of alkyl halides is 1. The molecule has 0 saturated heterocycles. The van der Waals surface area contributed by atoms with Crippen LogP contribution in [0.1, 0.15) is 22.7 Å². The van der Waals surface area contributed by atoms with Crippen molar-refractivity contribution in [2.75, 3.05) is 18.1 Å². The molecule has 0 unspecified atom stereocenters. The van der Waals surface area contributed by atoms with Crippen molar-refractivity contribution in [1.82, 2.24) is 10.5 Å². The second-order valence-electron chi connectivity index (χ2n) is 2.91. The number of rotatable bonds is 6. The molecular formula is C9H13IN2O3. The van der Waals surface area contributed by atoms with Gasteiger partial charge in [0.15, 0.2) is 11.5 Å². The first-order valence-electron chi connectivity index (χ1n) is 4.56. The molecule has 1 aromatic heterocycles. The topological polar surface area (TPSA) is 64.4 Å². The minimum Gasteiger partial charge on any atom is -0.377 e. The smallest absolute Gasteiger partial charge is 0.273 e. The lowest BCUT2D eigenvalue weighted by Crippen LogP contribution is -2.24. The Hall–Kier alpha value is -0.630. The molecular weight excluding hydrogens is 311 g/mol.